The van der Waals surface area contributed by atoms with Gasteiger partial charge >= 0.3 is 0 Å². The van der Waals surface area contributed by atoms with Gasteiger partial charge in [0.05, 0.1) is 17.9 Å². The van der Waals surface area contributed by atoms with Crippen LogP contribution in [-0.2, 0) is 29.5 Å². The Bertz CT molecular complexity index is 972. The van der Waals surface area contributed by atoms with E-state index in [0.29, 0.717) is 25.3 Å². The van der Waals surface area contributed by atoms with E-state index in [1.165, 1.54) is 11.7 Å². The molecule has 0 saturated carbocycles. The first-order valence-electron chi connectivity index (χ1n) is 13.5. The molecule has 2 heterocycles. The van der Waals surface area contributed by atoms with Crippen molar-refractivity contribution < 1.29 is 14.3 Å². The van der Waals surface area contributed by atoms with Crippen molar-refractivity contribution in [3.8, 4) is 0 Å². The Hall–Kier alpha value is -1.60. The minimum absolute atomic E-state index is 0.422. The van der Waals surface area contributed by atoms with Crippen molar-refractivity contribution >= 4 is 22.4 Å². The number of aryl methyl sites for hydroxylation is 2. The summed E-state index contributed by atoms with van der Waals surface area (Å²) in [6.45, 7) is 29.9. The second kappa shape index (κ2) is 15.1. The van der Waals surface area contributed by atoms with Crippen LogP contribution >= 0.6 is 0 Å². The number of ether oxygens (including phenoxy) is 2. The highest BCUT2D eigenvalue weighted by atomic mass is 28.3. The topological polar surface area (TPSA) is 83.2 Å². The second-order valence-electron chi connectivity index (χ2n) is 12.5. The molecule has 8 nitrogen and oxygen atoms in total. The SMILES string of the molecule is Cc1nc(C=O)n(COCC[Si](C)(C)C)c1C.Cc1nc(CNC(C)C)n(COCC[Si](C)(C)C)c1C. The fraction of sp³-hybridized carbons (Fsp3) is 0.741. The van der Waals surface area contributed by atoms with Gasteiger partial charge in [0.1, 0.15) is 19.3 Å². The van der Waals surface area contributed by atoms with Crippen molar-refractivity contribution in [1.29, 1.82) is 0 Å². The quantitative estimate of drug-likeness (QED) is 0.178. The average molecular weight is 552 g/mol. The number of aldehydes is 1. The second-order valence-corrected chi connectivity index (χ2v) is 23.8. The van der Waals surface area contributed by atoms with Crippen LogP contribution in [0.15, 0.2) is 0 Å². The number of nitrogens with one attached hydrogen (secondary N) is 1. The third-order valence-corrected chi connectivity index (χ3v) is 9.64. The molecule has 0 radical (unpaired) electrons. The largest absolute Gasteiger partial charge is 0.361 e. The zero-order valence-corrected chi connectivity index (χ0v) is 27.6. The van der Waals surface area contributed by atoms with Gasteiger partial charge in [0.25, 0.3) is 0 Å². The summed E-state index contributed by atoms with van der Waals surface area (Å²) in [5.41, 5.74) is 4.19. The molecule has 1 N–H and O–H groups in total. The maximum absolute atomic E-state index is 10.9. The molecule has 0 bridgehead atoms. The predicted octanol–water partition coefficient (Wildman–Crippen LogP) is 5.93. The summed E-state index contributed by atoms with van der Waals surface area (Å²) in [7, 11) is -2.05. The standard InChI is InChI=1S/C15H31N3OSi.C12H22N2O2Si/c1-12(2)16-10-15-17-13(3)14(4)18(15)11-19-8-9-20(5,6)7;1-10-11(2)14(12(8-15)13-10)9-16-6-7-17(3,4)5/h12,16H,8-11H2,1-7H3;8H,6-7,9H2,1-5H3. The molecule has 2 aromatic heterocycles. The first kappa shape index (κ1) is 33.4. The van der Waals surface area contributed by atoms with Crippen LogP contribution in [0.1, 0.15) is 53.1 Å². The van der Waals surface area contributed by atoms with E-state index in [4.69, 9.17) is 9.47 Å². The van der Waals surface area contributed by atoms with E-state index in [1.54, 1.807) is 0 Å². The van der Waals surface area contributed by atoms with E-state index < -0.39 is 16.1 Å². The number of nitrogens with zero attached hydrogens (tertiary/aromatic N) is 4. The molecule has 0 saturated heterocycles. The van der Waals surface area contributed by atoms with Gasteiger partial charge in [-0.15, -0.1) is 0 Å². The van der Waals surface area contributed by atoms with Crippen LogP contribution in [0.5, 0.6) is 0 Å². The van der Waals surface area contributed by atoms with Crippen LogP contribution in [0.25, 0.3) is 0 Å². The molecule has 0 amide bonds. The molecule has 0 fully saturated rings. The Kier molecular flexibility index (Phi) is 13.7. The highest BCUT2D eigenvalue weighted by molar-refractivity contribution is 6.76. The maximum Gasteiger partial charge on any atom is 0.185 e. The third-order valence-electron chi connectivity index (χ3n) is 6.23. The zero-order valence-electron chi connectivity index (χ0n) is 25.6. The van der Waals surface area contributed by atoms with Crippen molar-refractivity contribution in [3.05, 3.63) is 34.4 Å². The molecule has 2 aromatic rings. The lowest BCUT2D eigenvalue weighted by atomic mass is 10.4. The van der Waals surface area contributed by atoms with Gasteiger partial charge in [-0.1, -0.05) is 53.1 Å². The Morgan fingerprint density at radius 2 is 1.27 bits per heavy atom. The Morgan fingerprint density at radius 1 is 0.811 bits per heavy atom. The zero-order chi connectivity index (χ0) is 28.4. The summed E-state index contributed by atoms with van der Waals surface area (Å²) >= 11 is 0. The van der Waals surface area contributed by atoms with Crippen molar-refractivity contribution in [3.63, 3.8) is 0 Å². The monoisotopic (exact) mass is 551 g/mol. The molecular formula is C27H53N5O3Si2. The molecule has 0 aliphatic rings. The summed E-state index contributed by atoms with van der Waals surface area (Å²) in [5.74, 6) is 1.52. The number of hydrogen-bond donors (Lipinski definition) is 1. The van der Waals surface area contributed by atoms with Gasteiger partial charge in [0, 0.05) is 46.8 Å². The Balaban J connectivity index is 0.000000375. The van der Waals surface area contributed by atoms with Gasteiger partial charge < -0.3 is 23.9 Å². The van der Waals surface area contributed by atoms with Gasteiger partial charge in [-0.25, -0.2) is 9.97 Å². The van der Waals surface area contributed by atoms with Crippen molar-refractivity contribution in [2.45, 2.75) is 119 Å². The highest BCUT2D eigenvalue weighted by Gasteiger charge is 2.15. The molecule has 10 heteroatoms. The number of imidazole rings is 2. The fourth-order valence-electron chi connectivity index (χ4n) is 3.33. The van der Waals surface area contributed by atoms with Gasteiger partial charge in [0.15, 0.2) is 12.1 Å². The van der Waals surface area contributed by atoms with E-state index >= 15 is 0 Å². The predicted molar refractivity (Wildman–Crippen MR) is 159 cm³/mol. The molecule has 0 atom stereocenters. The summed E-state index contributed by atoms with van der Waals surface area (Å²) in [6.07, 6.45) is 0.780. The summed E-state index contributed by atoms with van der Waals surface area (Å²) in [5, 5.41) is 3.43. The first-order chi connectivity index (χ1) is 17.1. The van der Waals surface area contributed by atoms with Gasteiger partial charge in [-0.2, -0.15) is 0 Å². The molecule has 0 unspecified atom stereocenters. The highest BCUT2D eigenvalue weighted by Crippen LogP contribution is 2.13. The molecule has 0 aliphatic heterocycles. The number of carbonyl (C=O) groups is 1. The van der Waals surface area contributed by atoms with Crippen LogP contribution in [-0.4, -0.2) is 60.8 Å². The van der Waals surface area contributed by atoms with Gasteiger partial charge in [-0.05, 0) is 39.8 Å². The normalized spacial score (nSPS) is 12.1. The fourth-order valence-corrected chi connectivity index (χ4v) is 4.84. The van der Waals surface area contributed by atoms with Crippen molar-refractivity contribution in [1.82, 2.24) is 24.4 Å². The molecule has 0 aromatic carbocycles. The van der Waals surface area contributed by atoms with E-state index in [-0.39, 0.29) is 0 Å². The minimum atomic E-state index is -1.05. The molecular weight excluding hydrogens is 499 g/mol. The van der Waals surface area contributed by atoms with Crippen LogP contribution in [0.2, 0.25) is 51.4 Å². The number of rotatable bonds is 14. The van der Waals surface area contributed by atoms with Crippen LogP contribution < -0.4 is 5.32 Å². The van der Waals surface area contributed by atoms with Crippen LogP contribution in [0.3, 0.4) is 0 Å². The number of hydrogen-bond acceptors (Lipinski definition) is 6. The van der Waals surface area contributed by atoms with E-state index in [0.717, 1.165) is 55.0 Å². The number of aromatic nitrogens is 4. The van der Waals surface area contributed by atoms with Crippen LogP contribution in [0.4, 0.5) is 0 Å². The molecule has 0 aliphatic carbocycles. The minimum Gasteiger partial charge on any atom is -0.361 e. The van der Waals surface area contributed by atoms with E-state index in [2.05, 4.69) is 86.8 Å². The van der Waals surface area contributed by atoms with E-state index in [1.807, 2.05) is 18.4 Å². The summed E-state index contributed by atoms with van der Waals surface area (Å²) in [4.78, 5) is 19.7. The lowest BCUT2D eigenvalue weighted by molar-refractivity contribution is 0.0820. The van der Waals surface area contributed by atoms with Crippen molar-refractivity contribution in [2.75, 3.05) is 13.2 Å². The smallest absolute Gasteiger partial charge is 0.185 e. The average Bonchev–Trinajstić information content (AvgIpc) is 3.21. The molecule has 2 rings (SSSR count). The first-order valence-corrected chi connectivity index (χ1v) is 20.9. The number of carbonyl (C=O) groups excluding carboxylic acids is 1. The van der Waals surface area contributed by atoms with Gasteiger partial charge in [-0.3, -0.25) is 4.79 Å². The lowest BCUT2D eigenvalue weighted by Gasteiger charge is -2.17. The maximum atomic E-state index is 10.9. The summed E-state index contributed by atoms with van der Waals surface area (Å²) in [6, 6.07) is 2.81. The molecule has 212 valence electrons. The molecule has 0 spiro atoms. The third kappa shape index (κ3) is 12.7. The van der Waals surface area contributed by atoms with E-state index in [9.17, 15) is 4.79 Å². The molecule has 37 heavy (non-hydrogen) atoms. The lowest BCUT2D eigenvalue weighted by Crippen LogP contribution is -2.25. The Labute approximate surface area is 227 Å². The van der Waals surface area contributed by atoms with Crippen molar-refractivity contribution in [2.24, 2.45) is 0 Å². The van der Waals surface area contributed by atoms with Gasteiger partial charge in [0.2, 0.25) is 0 Å². The summed E-state index contributed by atoms with van der Waals surface area (Å²) < 4.78 is 15.5. The Morgan fingerprint density at radius 3 is 1.73 bits per heavy atom. The van der Waals surface area contributed by atoms with Crippen LogP contribution in [0, 0.1) is 27.7 Å².